The number of nitrogens with one attached hydrogen (secondary N) is 1. The van der Waals surface area contributed by atoms with Gasteiger partial charge in [-0.15, -0.1) is 0 Å². The average Bonchev–Trinajstić information content (AvgIpc) is 3.20. The lowest BCUT2D eigenvalue weighted by molar-refractivity contribution is -0.380. The van der Waals surface area contributed by atoms with E-state index < -0.39 is 16.4 Å². The van der Waals surface area contributed by atoms with Gasteiger partial charge in [0.25, 0.3) is 11.5 Å². The molecule has 0 radical (unpaired) electrons. The molecule has 0 aliphatic heterocycles. The molecule has 1 aromatic carbocycles. The molecule has 4 aromatic rings. The highest BCUT2D eigenvalue weighted by Crippen LogP contribution is 2.25. The SMILES string of the molecule is Cc1ccc(Cn2c(=O)c(C(=O)Nc3ncc([N+](=O)[O-])s3)cc3cccnc32)cc1. The first-order chi connectivity index (χ1) is 14.4. The predicted molar refractivity (Wildman–Crippen MR) is 113 cm³/mol. The molecule has 0 atom stereocenters. The lowest BCUT2D eigenvalue weighted by atomic mass is 10.1. The van der Waals surface area contributed by atoms with Gasteiger partial charge in [0.1, 0.15) is 17.4 Å². The molecule has 0 aliphatic rings. The number of fused-ring (bicyclic) bond motifs is 1. The maximum absolute atomic E-state index is 13.1. The first-order valence-corrected chi connectivity index (χ1v) is 9.70. The van der Waals surface area contributed by atoms with E-state index >= 15 is 0 Å². The van der Waals surface area contributed by atoms with Crippen molar-refractivity contribution in [1.82, 2.24) is 14.5 Å². The molecule has 0 aliphatic carbocycles. The Morgan fingerprint density at radius 3 is 2.70 bits per heavy atom. The lowest BCUT2D eigenvalue weighted by Crippen LogP contribution is -2.30. The fourth-order valence-corrected chi connectivity index (χ4v) is 3.59. The summed E-state index contributed by atoms with van der Waals surface area (Å²) in [6, 6.07) is 12.7. The summed E-state index contributed by atoms with van der Waals surface area (Å²) in [5, 5.41) is 13.7. The van der Waals surface area contributed by atoms with E-state index in [0.29, 0.717) is 11.0 Å². The van der Waals surface area contributed by atoms with Gasteiger partial charge in [0.05, 0.1) is 11.5 Å². The molecule has 10 heteroatoms. The van der Waals surface area contributed by atoms with Crippen LogP contribution in [0.2, 0.25) is 0 Å². The molecule has 0 saturated heterocycles. The molecular weight excluding hydrogens is 406 g/mol. The van der Waals surface area contributed by atoms with Gasteiger partial charge in [-0.3, -0.25) is 29.6 Å². The van der Waals surface area contributed by atoms with Gasteiger partial charge in [-0.25, -0.2) is 9.97 Å². The van der Waals surface area contributed by atoms with Crippen LogP contribution in [0.25, 0.3) is 11.0 Å². The minimum atomic E-state index is -0.687. The minimum absolute atomic E-state index is 0.0440. The maximum atomic E-state index is 13.1. The van der Waals surface area contributed by atoms with Crippen molar-refractivity contribution in [2.24, 2.45) is 0 Å². The highest BCUT2D eigenvalue weighted by atomic mass is 32.1. The molecule has 4 rings (SSSR count). The van der Waals surface area contributed by atoms with Crippen molar-refractivity contribution in [2.45, 2.75) is 13.5 Å². The molecule has 3 aromatic heterocycles. The Balaban J connectivity index is 1.75. The first-order valence-electron chi connectivity index (χ1n) is 8.88. The Bertz CT molecular complexity index is 1330. The number of pyridine rings is 2. The number of rotatable bonds is 5. The van der Waals surface area contributed by atoms with Crippen LogP contribution >= 0.6 is 11.3 Å². The second-order valence-electron chi connectivity index (χ2n) is 6.57. The second kappa shape index (κ2) is 7.84. The molecular formula is C20H15N5O4S. The Labute approximate surface area is 173 Å². The third kappa shape index (κ3) is 3.80. The third-order valence-electron chi connectivity index (χ3n) is 4.45. The summed E-state index contributed by atoms with van der Waals surface area (Å²) in [5.74, 6) is -0.687. The molecule has 9 nitrogen and oxygen atoms in total. The fraction of sp³-hybridized carbons (Fsp3) is 0.100. The highest BCUT2D eigenvalue weighted by molar-refractivity contribution is 7.18. The van der Waals surface area contributed by atoms with Crippen molar-refractivity contribution in [1.29, 1.82) is 0 Å². The van der Waals surface area contributed by atoms with Crippen LogP contribution in [0.5, 0.6) is 0 Å². The molecule has 1 amide bonds. The summed E-state index contributed by atoms with van der Waals surface area (Å²) in [6.45, 7) is 2.22. The van der Waals surface area contributed by atoms with Crippen molar-refractivity contribution in [3.63, 3.8) is 0 Å². The van der Waals surface area contributed by atoms with E-state index in [1.54, 1.807) is 18.3 Å². The molecule has 0 spiro atoms. The largest absolute Gasteiger partial charge is 0.345 e. The van der Waals surface area contributed by atoms with Gasteiger partial charge in [-0.05, 0) is 42.0 Å². The normalized spacial score (nSPS) is 10.8. The van der Waals surface area contributed by atoms with Crippen LogP contribution in [0.1, 0.15) is 21.5 Å². The number of nitrogens with zero attached hydrogens (tertiary/aromatic N) is 4. The second-order valence-corrected chi connectivity index (χ2v) is 7.58. The number of carbonyl (C=O) groups excluding carboxylic acids is 1. The van der Waals surface area contributed by atoms with Crippen LogP contribution in [0.15, 0.2) is 59.7 Å². The Morgan fingerprint density at radius 1 is 1.23 bits per heavy atom. The van der Waals surface area contributed by atoms with E-state index in [4.69, 9.17) is 0 Å². The molecule has 0 fully saturated rings. The van der Waals surface area contributed by atoms with Gasteiger partial charge >= 0.3 is 5.00 Å². The summed E-state index contributed by atoms with van der Waals surface area (Å²) < 4.78 is 1.44. The first kappa shape index (κ1) is 19.4. The van der Waals surface area contributed by atoms with Crippen molar-refractivity contribution < 1.29 is 9.72 Å². The van der Waals surface area contributed by atoms with Crippen molar-refractivity contribution in [2.75, 3.05) is 5.32 Å². The zero-order valence-electron chi connectivity index (χ0n) is 15.7. The predicted octanol–water partition coefficient (Wildman–Crippen LogP) is 3.37. The Kier molecular flexibility index (Phi) is 5.07. The van der Waals surface area contributed by atoms with Crippen molar-refractivity contribution >= 4 is 38.4 Å². The molecule has 150 valence electrons. The van der Waals surface area contributed by atoms with E-state index in [0.717, 1.165) is 28.7 Å². The van der Waals surface area contributed by atoms with Gasteiger partial charge < -0.3 is 0 Å². The molecule has 3 heterocycles. The lowest BCUT2D eigenvalue weighted by Gasteiger charge is -2.12. The topological polar surface area (TPSA) is 120 Å². The number of aryl methyl sites for hydroxylation is 1. The number of anilines is 1. The average molecular weight is 421 g/mol. The summed E-state index contributed by atoms with van der Waals surface area (Å²) in [4.78, 5) is 44.2. The standard InChI is InChI=1S/C20H15N5O4S/c1-12-4-6-13(7-5-12)11-24-17-14(3-2-8-21-17)9-15(19(24)27)18(26)23-20-22-10-16(30-20)25(28)29/h2-10H,11H2,1H3,(H,22,23,26). The van der Waals surface area contributed by atoms with E-state index in [2.05, 4.69) is 15.3 Å². The molecule has 0 saturated carbocycles. The minimum Gasteiger partial charge on any atom is -0.297 e. The third-order valence-corrected chi connectivity index (χ3v) is 5.31. The van der Waals surface area contributed by atoms with E-state index in [9.17, 15) is 19.7 Å². The summed E-state index contributed by atoms with van der Waals surface area (Å²) in [6.07, 6.45) is 2.64. The highest BCUT2D eigenvalue weighted by Gasteiger charge is 2.19. The van der Waals surface area contributed by atoms with E-state index in [-0.39, 0.29) is 22.2 Å². The van der Waals surface area contributed by atoms with Crippen LogP contribution in [-0.4, -0.2) is 25.4 Å². The van der Waals surface area contributed by atoms with Crippen LogP contribution in [-0.2, 0) is 6.54 Å². The quantitative estimate of drug-likeness (QED) is 0.390. The van der Waals surface area contributed by atoms with Gasteiger partial charge in [0, 0.05) is 11.6 Å². The monoisotopic (exact) mass is 421 g/mol. The van der Waals surface area contributed by atoms with E-state index in [1.165, 1.54) is 10.6 Å². The maximum Gasteiger partial charge on any atom is 0.345 e. The van der Waals surface area contributed by atoms with Gasteiger partial charge in [0.15, 0.2) is 5.13 Å². The summed E-state index contributed by atoms with van der Waals surface area (Å²) in [5.41, 5.74) is 1.85. The summed E-state index contributed by atoms with van der Waals surface area (Å²) in [7, 11) is 0. The molecule has 1 N–H and O–H groups in total. The number of amides is 1. The smallest absolute Gasteiger partial charge is 0.297 e. The van der Waals surface area contributed by atoms with Crippen molar-refractivity contribution in [3.05, 3.63) is 92.0 Å². The van der Waals surface area contributed by atoms with Crippen LogP contribution in [0.3, 0.4) is 0 Å². The van der Waals surface area contributed by atoms with Gasteiger partial charge in [-0.2, -0.15) is 0 Å². The molecule has 0 unspecified atom stereocenters. The number of hydrogen-bond donors (Lipinski definition) is 1. The van der Waals surface area contributed by atoms with E-state index in [1.807, 2.05) is 31.2 Å². The number of benzene rings is 1. The molecule has 30 heavy (non-hydrogen) atoms. The van der Waals surface area contributed by atoms with Crippen LogP contribution < -0.4 is 10.9 Å². The zero-order chi connectivity index (χ0) is 21.3. The van der Waals surface area contributed by atoms with Crippen LogP contribution in [0, 0.1) is 17.0 Å². The molecule has 0 bridgehead atoms. The number of aromatic nitrogens is 3. The number of nitro groups is 1. The zero-order valence-corrected chi connectivity index (χ0v) is 16.5. The number of hydrogen-bond acceptors (Lipinski definition) is 7. The number of carbonyl (C=O) groups is 1. The van der Waals surface area contributed by atoms with Gasteiger partial charge in [0.2, 0.25) is 0 Å². The summed E-state index contributed by atoms with van der Waals surface area (Å²) >= 11 is 0.718. The van der Waals surface area contributed by atoms with Gasteiger partial charge in [-0.1, -0.05) is 29.8 Å². The Hall–Kier alpha value is -3.92. The van der Waals surface area contributed by atoms with Crippen LogP contribution in [0.4, 0.5) is 10.1 Å². The fourth-order valence-electron chi connectivity index (χ4n) is 2.96. The van der Waals surface area contributed by atoms with Crippen molar-refractivity contribution in [3.8, 4) is 0 Å². The Morgan fingerprint density at radius 2 is 2.00 bits per heavy atom. The number of thiazole rings is 1.